The van der Waals surface area contributed by atoms with E-state index in [0.717, 1.165) is 32.1 Å². The summed E-state index contributed by atoms with van der Waals surface area (Å²) in [6, 6.07) is 17.3. The molecular weight excluding hydrogens is 555 g/mol. The molecule has 0 spiro atoms. The van der Waals surface area contributed by atoms with Gasteiger partial charge in [-0.15, -0.1) is 0 Å². The molecule has 3 aromatic carbocycles. The van der Waals surface area contributed by atoms with Crippen LogP contribution >= 0.6 is 23.2 Å². The largest absolute Gasteiger partial charge is 0.423 e. The molecular formula is C29H26Cl2N4O5. The zero-order valence-corrected chi connectivity index (χ0v) is 22.8. The first-order valence-electron chi connectivity index (χ1n) is 12.6. The topological polar surface area (TPSA) is 126 Å². The predicted molar refractivity (Wildman–Crippen MR) is 153 cm³/mol. The minimum absolute atomic E-state index is 0.103. The van der Waals surface area contributed by atoms with Crippen LogP contribution in [-0.4, -0.2) is 35.9 Å². The fraction of sp³-hybridized carbons (Fsp3) is 0.207. The number of hydrogen-bond donors (Lipinski definition) is 3. The maximum Gasteiger partial charge on any atom is 0.345 e. The second kappa shape index (κ2) is 13.7. The van der Waals surface area contributed by atoms with Gasteiger partial charge >= 0.3 is 17.8 Å². The summed E-state index contributed by atoms with van der Waals surface area (Å²) in [6.07, 6.45) is 6.47. The van der Waals surface area contributed by atoms with Gasteiger partial charge in [-0.1, -0.05) is 54.6 Å². The fourth-order valence-corrected chi connectivity index (χ4v) is 4.62. The molecule has 11 heteroatoms. The molecule has 1 aliphatic rings. The number of rotatable bonds is 7. The van der Waals surface area contributed by atoms with Gasteiger partial charge in [0.15, 0.2) is 0 Å². The summed E-state index contributed by atoms with van der Waals surface area (Å²) < 4.78 is 5.31. The maximum atomic E-state index is 12.8. The molecule has 3 N–H and O–H groups in total. The lowest BCUT2D eigenvalue weighted by molar-refractivity contribution is -0.136. The van der Waals surface area contributed by atoms with Crippen molar-refractivity contribution in [3.05, 3.63) is 93.5 Å². The number of para-hydroxylation sites is 1. The van der Waals surface area contributed by atoms with Crippen molar-refractivity contribution in [3.8, 4) is 5.75 Å². The van der Waals surface area contributed by atoms with Crippen molar-refractivity contribution in [1.82, 2.24) is 10.7 Å². The van der Waals surface area contributed by atoms with Crippen LogP contribution in [0.15, 0.2) is 71.8 Å². The highest BCUT2D eigenvalue weighted by molar-refractivity contribution is 6.40. The molecule has 0 unspecified atom stereocenters. The lowest BCUT2D eigenvalue weighted by atomic mass is 9.95. The van der Waals surface area contributed by atoms with E-state index >= 15 is 0 Å². The first kappa shape index (κ1) is 28.8. The highest BCUT2D eigenvalue weighted by Gasteiger charge is 2.21. The smallest absolute Gasteiger partial charge is 0.345 e. The molecule has 0 atom stereocenters. The average molecular weight is 581 g/mol. The predicted octanol–water partition coefficient (Wildman–Crippen LogP) is 5.36. The highest BCUT2D eigenvalue weighted by Crippen LogP contribution is 2.23. The Morgan fingerprint density at radius 3 is 2.30 bits per heavy atom. The standard InChI is InChI=1S/C29H26Cl2N4O5/c30-19-12-15-22(24(31)16-19)29(39)40-21-13-10-18(11-14-21)17-32-35-28(38)27(37)34-25-9-5-4-8-23(25)26(36)33-20-6-2-1-3-7-20/h4-5,8-17,20H,1-3,6-7H2,(H,33,36)(H,34,37)(H,35,38). The number of amides is 3. The third kappa shape index (κ3) is 7.91. The number of hydrazone groups is 1. The number of carbonyl (C=O) groups is 4. The number of nitrogens with one attached hydrogen (secondary N) is 3. The van der Waals surface area contributed by atoms with Gasteiger partial charge in [0, 0.05) is 11.1 Å². The third-order valence-corrected chi connectivity index (χ3v) is 6.74. The minimum atomic E-state index is -1.01. The van der Waals surface area contributed by atoms with Crippen molar-refractivity contribution in [1.29, 1.82) is 0 Å². The Kier molecular flexibility index (Phi) is 9.88. The molecule has 0 radical (unpaired) electrons. The van der Waals surface area contributed by atoms with Gasteiger partial charge in [0.2, 0.25) is 0 Å². The Balaban J connectivity index is 1.29. The van der Waals surface area contributed by atoms with Gasteiger partial charge in [-0.2, -0.15) is 5.10 Å². The summed E-state index contributed by atoms with van der Waals surface area (Å²) in [7, 11) is 0. The molecule has 1 saturated carbocycles. The summed E-state index contributed by atoms with van der Waals surface area (Å²) in [4.78, 5) is 49.8. The van der Waals surface area contributed by atoms with Crippen LogP contribution in [0.2, 0.25) is 10.0 Å². The first-order valence-corrected chi connectivity index (χ1v) is 13.4. The molecule has 4 rings (SSSR count). The zero-order chi connectivity index (χ0) is 28.5. The first-order chi connectivity index (χ1) is 19.3. The second-order valence-corrected chi connectivity index (χ2v) is 9.93. The molecule has 0 saturated heterocycles. The molecule has 40 heavy (non-hydrogen) atoms. The van der Waals surface area contributed by atoms with E-state index in [-0.39, 0.29) is 39.5 Å². The van der Waals surface area contributed by atoms with Gasteiger partial charge in [-0.25, -0.2) is 10.2 Å². The third-order valence-electron chi connectivity index (χ3n) is 6.19. The van der Waals surface area contributed by atoms with E-state index in [1.54, 1.807) is 36.4 Å². The quantitative estimate of drug-likeness (QED) is 0.114. The number of halogens is 2. The zero-order valence-electron chi connectivity index (χ0n) is 21.3. The summed E-state index contributed by atoms with van der Waals surface area (Å²) >= 11 is 11.9. The molecule has 0 aromatic heterocycles. The Morgan fingerprint density at radius 1 is 0.850 bits per heavy atom. The second-order valence-electron chi connectivity index (χ2n) is 9.09. The number of carbonyl (C=O) groups excluding carboxylic acids is 4. The minimum Gasteiger partial charge on any atom is -0.423 e. The van der Waals surface area contributed by atoms with Crippen LogP contribution in [0, 0.1) is 0 Å². The molecule has 0 heterocycles. The van der Waals surface area contributed by atoms with Crippen LogP contribution in [0.25, 0.3) is 0 Å². The van der Waals surface area contributed by atoms with E-state index in [1.807, 2.05) is 0 Å². The van der Waals surface area contributed by atoms with Crippen LogP contribution in [0.4, 0.5) is 5.69 Å². The summed E-state index contributed by atoms with van der Waals surface area (Å²) in [5.41, 5.74) is 3.39. The normalized spacial score (nSPS) is 13.4. The number of ether oxygens (including phenoxy) is 1. The van der Waals surface area contributed by atoms with Crippen molar-refractivity contribution in [2.24, 2.45) is 5.10 Å². The van der Waals surface area contributed by atoms with Gasteiger partial charge in [-0.3, -0.25) is 14.4 Å². The maximum absolute atomic E-state index is 12.8. The van der Waals surface area contributed by atoms with Crippen LogP contribution < -0.4 is 20.8 Å². The lowest BCUT2D eigenvalue weighted by Gasteiger charge is -2.23. The number of hydrogen-bond acceptors (Lipinski definition) is 6. The average Bonchev–Trinajstić information content (AvgIpc) is 2.94. The summed E-state index contributed by atoms with van der Waals surface area (Å²) in [5, 5.41) is 9.85. The number of anilines is 1. The van der Waals surface area contributed by atoms with Crippen LogP contribution in [-0.2, 0) is 9.59 Å². The molecule has 3 aromatic rings. The van der Waals surface area contributed by atoms with E-state index < -0.39 is 17.8 Å². The van der Waals surface area contributed by atoms with Crippen molar-refractivity contribution in [2.45, 2.75) is 38.1 Å². The van der Waals surface area contributed by atoms with E-state index in [9.17, 15) is 19.2 Å². The van der Waals surface area contributed by atoms with Gasteiger partial charge < -0.3 is 15.4 Å². The highest BCUT2D eigenvalue weighted by atomic mass is 35.5. The summed E-state index contributed by atoms with van der Waals surface area (Å²) in [5.74, 6) is -2.66. The van der Waals surface area contributed by atoms with Crippen molar-refractivity contribution >= 4 is 58.8 Å². The van der Waals surface area contributed by atoms with Gasteiger partial charge in [-0.05, 0) is 73.0 Å². The molecule has 0 aliphatic heterocycles. The van der Waals surface area contributed by atoms with E-state index in [4.69, 9.17) is 27.9 Å². The van der Waals surface area contributed by atoms with E-state index in [1.165, 1.54) is 36.5 Å². The Labute approximate surface area is 240 Å². The van der Waals surface area contributed by atoms with Crippen molar-refractivity contribution in [2.75, 3.05) is 5.32 Å². The molecule has 206 valence electrons. The SMILES string of the molecule is O=C(NN=Cc1ccc(OC(=O)c2ccc(Cl)cc2Cl)cc1)C(=O)Nc1ccccc1C(=O)NC1CCCCC1. The molecule has 0 bridgehead atoms. The lowest BCUT2D eigenvalue weighted by Crippen LogP contribution is -2.37. The van der Waals surface area contributed by atoms with Crippen molar-refractivity contribution in [3.63, 3.8) is 0 Å². The van der Waals surface area contributed by atoms with Crippen molar-refractivity contribution < 1.29 is 23.9 Å². The molecule has 1 aliphatic carbocycles. The monoisotopic (exact) mass is 580 g/mol. The molecule has 1 fully saturated rings. The van der Waals surface area contributed by atoms with Crippen LogP contribution in [0.5, 0.6) is 5.75 Å². The molecule has 3 amide bonds. The number of esters is 1. The number of nitrogens with zero attached hydrogens (tertiary/aromatic N) is 1. The van der Waals surface area contributed by atoms with Crippen LogP contribution in [0.1, 0.15) is 58.4 Å². The number of benzene rings is 3. The Hall–Kier alpha value is -4.21. The van der Waals surface area contributed by atoms with E-state index in [0.29, 0.717) is 10.6 Å². The van der Waals surface area contributed by atoms with E-state index in [2.05, 4.69) is 21.2 Å². The summed E-state index contributed by atoms with van der Waals surface area (Å²) in [6.45, 7) is 0. The molecule has 9 nitrogen and oxygen atoms in total. The van der Waals surface area contributed by atoms with Gasteiger partial charge in [0.05, 0.1) is 28.1 Å². The Morgan fingerprint density at radius 2 is 1.57 bits per heavy atom. The Bertz CT molecular complexity index is 1440. The fourth-order valence-electron chi connectivity index (χ4n) is 4.13. The van der Waals surface area contributed by atoms with Gasteiger partial charge in [0.25, 0.3) is 5.91 Å². The van der Waals surface area contributed by atoms with Gasteiger partial charge in [0.1, 0.15) is 5.75 Å². The van der Waals surface area contributed by atoms with Crippen LogP contribution in [0.3, 0.4) is 0 Å².